The van der Waals surface area contributed by atoms with Crippen molar-refractivity contribution in [2.45, 2.75) is 37.7 Å². The number of fused-ring (bicyclic) bond motifs is 1. The first-order valence-corrected chi connectivity index (χ1v) is 8.98. The largest absolute Gasteiger partial charge is 0.490 e. The van der Waals surface area contributed by atoms with Gasteiger partial charge in [0.1, 0.15) is 17.7 Å². The number of nitrogens with zero attached hydrogens (tertiary/aromatic N) is 1. The van der Waals surface area contributed by atoms with Gasteiger partial charge in [-0.1, -0.05) is 18.2 Å². The summed E-state index contributed by atoms with van der Waals surface area (Å²) in [7, 11) is 0. The first kappa shape index (κ1) is 18.7. The van der Waals surface area contributed by atoms with Gasteiger partial charge in [0.05, 0.1) is 5.56 Å². The van der Waals surface area contributed by atoms with Crippen molar-refractivity contribution in [1.29, 1.82) is 0 Å². The van der Waals surface area contributed by atoms with E-state index in [9.17, 15) is 17.6 Å². The van der Waals surface area contributed by atoms with E-state index in [-0.39, 0.29) is 17.9 Å². The third-order valence-corrected chi connectivity index (χ3v) is 4.99. The Labute approximate surface area is 159 Å². The van der Waals surface area contributed by atoms with Gasteiger partial charge in [-0.2, -0.15) is 13.2 Å². The molecule has 0 unspecified atom stereocenters. The molecule has 0 radical (unpaired) electrons. The van der Waals surface area contributed by atoms with Gasteiger partial charge in [-0.3, -0.25) is 4.98 Å². The SMILES string of the molecule is Fc1ccc(OC2CC(NCc3cccc4cnccc34)C2)cc1C(F)(F)F. The van der Waals surface area contributed by atoms with E-state index in [1.807, 2.05) is 24.4 Å². The van der Waals surface area contributed by atoms with Crippen LogP contribution in [0.25, 0.3) is 10.8 Å². The molecule has 1 saturated carbocycles. The smallest absolute Gasteiger partial charge is 0.419 e. The first-order valence-electron chi connectivity index (χ1n) is 8.98. The van der Waals surface area contributed by atoms with Gasteiger partial charge in [-0.05, 0) is 48.1 Å². The first-order chi connectivity index (χ1) is 13.4. The average molecular weight is 390 g/mol. The summed E-state index contributed by atoms with van der Waals surface area (Å²) in [5.74, 6) is -1.25. The van der Waals surface area contributed by atoms with Crippen LogP contribution in [0.1, 0.15) is 24.0 Å². The molecule has 28 heavy (non-hydrogen) atoms. The molecule has 146 valence electrons. The lowest BCUT2D eigenvalue weighted by molar-refractivity contribution is -0.140. The predicted octanol–water partition coefficient (Wildman–Crippen LogP) is 5.09. The average Bonchev–Trinajstić information content (AvgIpc) is 2.64. The number of halogens is 4. The fourth-order valence-corrected chi connectivity index (χ4v) is 3.41. The summed E-state index contributed by atoms with van der Waals surface area (Å²) in [5.41, 5.74) is -0.137. The Morgan fingerprint density at radius 2 is 1.93 bits per heavy atom. The molecule has 1 aromatic heterocycles. The van der Waals surface area contributed by atoms with E-state index in [1.54, 1.807) is 6.20 Å². The van der Waals surface area contributed by atoms with Crippen LogP contribution < -0.4 is 10.1 Å². The van der Waals surface area contributed by atoms with Crippen LogP contribution in [0.15, 0.2) is 54.9 Å². The highest BCUT2D eigenvalue weighted by Crippen LogP contribution is 2.35. The number of hydrogen-bond donors (Lipinski definition) is 1. The third-order valence-electron chi connectivity index (χ3n) is 4.99. The van der Waals surface area contributed by atoms with Crippen molar-refractivity contribution in [3.63, 3.8) is 0 Å². The molecule has 0 aliphatic heterocycles. The number of pyridine rings is 1. The van der Waals surface area contributed by atoms with Gasteiger partial charge >= 0.3 is 6.18 Å². The van der Waals surface area contributed by atoms with Crippen molar-refractivity contribution >= 4 is 10.8 Å². The maximum Gasteiger partial charge on any atom is 0.419 e. The Hall–Kier alpha value is -2.67. The number of alkyl halides is 3. The molecule has 1 N–H and O–H groups in total. The van der Waals surface area contributed by atoms with Gasteiger partial charge in [0, 0.05) is 30.4 Å². The Balaban J connectivity index is 1.32. The van der Waals surface area contributed by atoms with Crippen molar-refractivity contribution in [1.82, 2.24) is 10.3 Å². The standard InChI is InChI=1S/C21H18F4N2O/c22-20-5-4-16(10-19(20)21(23,24)25)28-17-8-15(9-17)27-12-14-3-1-2-13-11-26-7-6-18(13)14/h1-7,10-11,15,17,27H,8-9,12H2. The van der Waals surface area contributed by atoms with Crippen molar-refractivity contribution in [3.8, 4) is 5.75 Å². The summed E-state index contributed by atoms with van der Waals surface area (Å²) >= 11 is 0. The van der Waals surface area contributed by atoms with Gasteiger partial charge in [-0.25, -0.2) is 4.39 Å². The fourth-order valence-electron chi connectivity index (χ4n) is 3.41. The Bertz CT molecular complexity index is 978. The molecule has 0 spiro atoms. The van der Waals surface area contributed by atoms with Crippen LogP contribution in [0.3, 0.4) is 0 Å². The lowest BCUT2D eigenvalue weighted by Gasteiger charge is -2.36. The zero-order valence-corrected chi connectivity index (χ0v) is 14.8. The maximum absolute atomic E-state index is 13.3. The van der Waals surface area contributed by atoms with E-state index in [4.69, 9.17) is 4.74 Å². The minimum Gasteiger partial charge on any atom is -0.490 e. The molecule has 0 atom stereocenters. The maximum atomic E-state index is 13.3. The Morgan fingerprint density at radius 3 is 2.71 bits per heavy atom. The highest BCUT2D eigenvalue weighted by atomic mass is 19.4. The topological polar surface area (TPSA) is 34.1 Å². The summed E-state index contributed by atoms with van der Waals surface area (Å²) in [4.78, 5) is 4.12. The number of ether oxygens (including phenoxy) is 1. The van der Waals surface area contributed by atoms with Crippen molar-refractivity contribution < 1.29 is 22.3 Å². The molecule has 1 heterocycles. The summed E-state index contributed by atoms with van der Waals surface area (Å²) < 4.78 is 57.3. The minimum atomic E-state index is -4.73. The van der Waals surface area contributed by atoms with Gasteiger partial charge in [0.25, 0.3) is 0 Å². The lowest BCUT2D eigenvalue weighted by Crippen LogP contribution is -2.46. The van der Waals surface area contributed by atoms with Crippen LogP contribution in [0.5, 0.6) is 5.75 Å². The minimum absolute atomic E-state index is 0.0405. The van der Waals surface area contributed by atoms with Gasteiger partial charge in [0.15, 0.2) is 0 Å². The summed E-state index contributed by atoms with van der Waals surface area (Å²) in [5, 5.41) is 5.67. The number of nitrogens with one attached hydrogen (secondary N) is 1. The molecular formula is C21H18F4N2O. The monoisotopic (exact) mass is 390 g/mol. The summed E-state index contributed by atoms with van der Waals surface area (Å²) in [6.07, 6.45) is 0.0405. The third kappa shape index (κ3) is 3.94. The second-order valence-corrected chi connectivity index (χ2v) is 6.94. The summed E-state index contributed by atoms with van der Waals surface area (Å²) in [6.45, 7) is 0.688. The molecular weight excluding hydrogens is 372 g/mol. The number of benzene rings is 2. The van der Waals surface area contributed by atoms with E-state index < -0.39 is 17.6 Å². The lowest BCUT2D eigenvalue weighted by atomic mass is 9.89. The Kier molecular flexibility index (Phi) is 4.93. The molecule has 3 aromatic rings. The van der Waals surface area contributed by atoms with E-state index >= 15 is 0 Å². The van der Waals surface area contributed by atoms with Crippen LogP contribution in [0, 0.1) is 5.82 Å². The second-order valence-electron chi connectivity index (χ2n) is 6.94. The van der Waals surface area contributed by atoms with Gasteiger partial charge in [-0.15, -0.1) is 0 Å². The van der Waals surface area contributed by atoms with E-state index in [2.05, 4.69) is 16.4 Å². The van der Waals surface area contributed by atoms with E-state index in [0.717, 1.165) is 28.5 Å². The second kappa shape index (κ2) is 7.39. The van der Waals surface area contributed by atoms with Crippen LogP contribution in [0.2, 0.25) is 0 Å². The van der Waals surface area contributed by atoms with E-state index in [1.165, 1.54) is 6.07 Å². The molecule has 3 nitrogen and oxygen atoms in total. The Morgan fingerprint density at radius 1 is 1.11 bits per heavy atom. The fraction of sp³-hybridized carbons (Fsp3) is 0.286. The van der Waals surface area contributed by atoms with Gasteiger partial charge < -0.3 is 10.1 Å². The molecule has 1 fully saturated rings. The number of hydrogen-bond acceptors (Lipinski definition) is 3. The highest BCUT2D eigenvalue weighted by Gasteiger charge is 2.35. The van der Waals surface area contributed by atoms with Crippen molar-refractivity contribution in [3.05, 3.63) is 71.8 Å². The highest BCUT2D eigenvalue weighted by molar-refractivity contribution is 5.84. The number of rotatable bonds is 5. The molecule has 4 rings (SSSR count). The van der Waals surface area contributed by atoms with E-state index in [0.29, 0.717) is 19.4 Å². The zero-order chi connectivity index (χ0) is 19.7. The molecule has 2 aromatic carbocycles. The van der Waals surface area contributed by atoms with Crippen molar-refractivity contribution in [2.24, 2.45) is 0 Å². The molecule has 7 heteroatoms. The van der Waals surface area contributed by atoms with Crippen LogP contribution in [-0.4, -0.2) is 17.1 Å². The van der Waals surface area contributed by atoms with Crippen molar-refractivity contribution in [2.75, 3.05) is 0 Å². The normalized spacial score (nSPS) is 19.4. The molecule has 0 amide bonds. The number of aromatic nitrogens is 1. The van der Waals surface area contributed by atoms with Crippen LogP contribution >= 0.6 is 0 Å². The van der Waals surface area contributed by atoms with Crippen LogP contribution in [-0.2, 0) is 12.7 Å². The molecule has 1 aliphatic carbocycles. The predicted molar refractivity (Wildman–Crippen MR) is 97.4 cm³/mol. The molecule has 0 bridgehead atoms. The zero-order valence-electron chi connectivity index (χ0n) is 14.8. The van der Waals surface area contributed by atoms with Gasteiger partial charge in [0.2, 0.25) is 0 Å². The molecule has 1 aliphatic rings. The molecule has 0 saturated heterocycles. The quantitative estimate of drug-likeness (QED) is 0.616. The summed E-state index contributed by atoms with van der Waals surface area (Å²) in [6, 6.07) is 11.0. The van der Waals surface area contributed by atoms with Crippen LogP contribution in [0.4, 0.5) is 17.6 Å².